The first kappa shape index (κ1) is 1.93. The van der Waals surface area contributed by atoms with Crippen molar-refractivity contribution >= 4 is 7.92 Å². The Morgan fingerprint density at radius 3 is 1.80 bits per heavy atom. The van der Waals surface area contributed by atoms with E-state index in [2.05, 4.69) is 0 Å². The molecule has 3 saturated heterocycles. The zero-order valence-electron chi connectivity index (χ0n) is 2.89. The first-order valence-corrected chi connectivity index (χ1v) is 3.81. The third kappa shape index (κ3) is 0.0627. The fraction of sp³-hybridized carbons (Fsp3) is 1.00. The molecule has 26 valence electrons. The molecule has 3 heterocycles. The minimum atomic E-state index is 0.832. The molecule has 1 aliphatic carbocycles. The van der Waals surface area contributed by atoms with Gasteiger partial charge in [-0.15, -0.1) is 0 Å². The zero-order chi connectivity index (χ0) is 3.02. The molecule has 0 nitrogen and oxygen atoms in total. The van der Waals surface area contributed by atoms with Gasteiger partial charge in [-0.05, 0) is 23.4 Å². The Morgan fingerprint density at radius 1 is 1.40 bits per heavy atom. The number of hydrogen-bond donors (Lipinski definition) is 0. The third-order valence-electron chi connectivity index (χ3n) is 2.20. The van der Waals surface area contributed by atoms with E-state index in [0.29, 0.717) is 0 Å². The minimum Gasteiger partial charge on any atom is -0.0945 e. The van der Waals surface area contributed by atoms with Crippen molar-refractivity contribution in [1.82, 2.24) is 0 Å². The van der Waals surface area contributed by atoms with E-state index in [1.54, 1.807) is 6.42 Å². The van der Waals surface area contributed by atoms with E-state index >= 15 is 0 Å². The van der Waals surface area contributed by atoms with E-state index in [-0.39, 0.29) is 0 Å². The molecule has 0 aromatic heterocycles. The van der Waals surface area contributed by atoms with Gasteiger partial charge in [0, 0.05) is 0 Å². The fourth-order valence-corrected chi connectivity index (χ4v) is 4.62. The second kappa shape index (κ2) is 0.289. The average Bonchev–Trinajstić information content (AvgIpc) is 1.69. The summed E-state index contributed by atoms with van der Waals surface area (Å²) in [5, 5.41) is 0. The van der Waals surface area contributed by atoms with Gasteiger partial charge < -0.3 is 0 Å². The van der Waals surface area contributed by atoms with E-state index < -0.39 is 0 Å². The van der Waals surface area contributed by atoms with E-state index in [9.17, 15) is 0 Å². The van der Waals surface area contributed by atoms with Crippen molar-refractivity contribution in [2.45, 2.75) is 23.4 Å². The average molecular weight is 84.1 g/mol. The van der Waals surface area contributed by atoms with Crippen molar-refractivity contribution < 1.29 is 0 Å². The standard InChI is InChI=1S/C4H5P/c1-2-4-3(1)5(2)4/h2-4H,1H2. The zero-order valence-corrected chi connectivity index (χ0v) is 3.78. The highest BCUT2D eigenvalue weighted by atomic mass is 31.1. The van der Waals surface area contributed by atoms with Crippen LogP contribution in [0.2, 0.25) is 0 Å². The molecule has 4 fully saturated rings. The molecule has 0 N–H and O–H groups in total. The second-order valence-corrected chi connectivity index (χ2v) is 5.13. The van der Waals surface area contributed by atoms with E-state index in [1.807, 2.05) is 0 Å². The Bertz CT molecular complexity index is 67.8. The highest BCUT2D eigenvalue weighted by Gasteiger charge is 2.82. The lowest BCUT2D eigenvalue weighted by Crippen LogP contribution is -2.23. The summed E-state index contributed by atoms with van der Waals surface area (Å²) in [7, 11) is 0.832. The van der Waals surface area contributed by atoms with E-state index in [1.165, 1.54) is 17.0 Å². The molecule has 0 spiro atoms. The van der Waals surface area contributed by atoms with Gasteiger partial charge in [0.15, 0.2) is 0 Å². The van der Waals surface area contributed by atoms with Crippen LogP contribution in [0.4, 0.5) is 0 Å². The van der Waals surface area contributed by atoms with Crippen LogP contribution in [0.25, 0.3) is 0 Å². The summed E-state index contributed by atoms with van der Waals surface area (Å²) >= 11 is 0. The van der Waals surface area contributed by atoms with Crippen LogP contribution in [-0.4, -0.2) is 17.0 Å². The lowest BCUT2D eigenvalue weighted by atomic mass is 10.00. The van der Waals surface area contributed by atoms with Gasteiger partial charge in [-0.3, -0.25) is 0 Å². The molecule has 2 bridgehead atoms. The monoisotopic (exact) mass is 84.0 g/mol. The third-order valence-corrected chi connectivity index (χ3v) is 5.52. The van der Waals surface area contributed by atoms with E-state index in [4.69, 9.17) is 0 Å². The molecule has 4 rings (SSSR count). The van der Waals surface area contributed by atoms with Gasteiger partial charge in [0.25, 0.3) is 0 Å². The summed E-state index contributed by atoms with van der Waals surface area (Å²) in [6.07, 6.45) is 1.65. The summed E-state index contributed by atoms with van der Waals surface area (Å²) < 4.78 is 0. The molecule has 3 aliphatic heterocycles. The topological polar surface area (TPSA) is 0 Å². The van der Waals surface area contributed by atoms with Crippen molar-refractivity contribution in [3.8, 4) is 0 Å². The Hall–Kier alpha value is 0.430. The first-order valence-electron chi connectivity index (χ1n) is 2.26. The summed E-state index contributed by atoms with van der Waals surface area (Å²) in [4.78, 5) is 0. The molecule has 2 atom stereocenters. The molecular formula is C4H5P. The quantitative estimate of drug-likeness (QED) is 0.384. The Kier molecular flexibility index (Phi) is 0.112. The summed E-state index contributed by atoms with van der Waals surface area (Å²) in [5.41, 5.74) is 4.09. The van der Waals surface area contributed by atoms with Crippen molar-refractivity contribution in [1.29, 1.82) is 0 Å². The van der Waals surface area contributed by atoms with Gasteiger partial charge in [0.2, 0.25) is 0 Å². The molecule has 5 heavy (non-hydrogen) atoms. The van der Waals surface area contributed by atoms with Crippen molar-refractivity contribution in [2.75, 3.05) is 0 Å². The summed E-state index contributed by atoms with van der Waals surface area (Å²) in [6.45, 7) is 0. The molecule has 0 radical (unpaired) electrons. The van der Waals surface area contributed by atoms with Crippen LogP contribution in [0.15, 0.2) is 0 Å². The fourth-order valence-electron chi connectivity index (χ4n) is 1.48. The summed E-state index contributed by atoms with van der Waals surface area (Å²) in [5.74, 6) is 0. The maximum atomic E-state index is 1.65. The lowest BCUT2D eigenvalue weighted by Gasteiger charge is -2.20. The van der Waals surface area contributed by atoms with Gasteiger partial charge in [-0.2, -0.15) is 0 Å². The predicted octanol–water partition coefficient (Wildman–Crippen LogP) is 1.00. The minimum absolute atomic E-state index is 0.832. The summed E-state index contributed by atoms with van der Waals surface area (Å²) in [6, 6.07) is 0. The molecule has 0 aromatic carbocycles. The Labute approximate surface area is 32.3 Å². The van der Waals surface area contributed by atoms with Gasteiger partial charge in [-0.1, -0.05) is 7.92 Å². The van der Waals surface area contributed by atoms with Crippen LogP contribution in [0.5, 0.6) is 0 Å². The van der Waals surface area contributed by atoms with Crippen molar-refractivity contribution in [3.05, 3.63) is 0 Å². The molecule has 2 unspecified atom stereocenters. The predicted molar refractivity (Wildman–Crippen MR) is 22.9 cm³/mol. The second-order valence-electron chi connectivity index (χ2n) is 2.31. The van der Waals surface area contributed by atoms with Crippen LogP contribution in [0.1, 0.15) is 6.42 Å². The Balaban J connectivity index is 2.39. The normalized spacial score (nSPS) is 91.2. The molecule has 1 heteroatoms. The van der Waals surface area contributed by atoms with Crippen LogP contribution in [0, 0.1) is 0 Å². The molecule has 4 aliphatic rings. The van der Waals surface area contributed by atoms with Crippen LogP contribution in [-0.2, 0) is 0 Å². The van der Waals surface area contributed by atoms with Crippen LogP contribution >= 0.6 is 7.92 Å². The number of hydrogen-bond acceptors (Lipinski definition) is 0. The molecule has 0 aromatic rings. The van der Waals surface area contributed by atoms with Crippen molar-refractivity contribution in [3.63, 3.8) is 0 Å². The van der Waals surface area contributed by atoms with Crippen molar-refractivity contribution in [2.24, 2.45) is 0 Å². The van der Waals surface area contributed by atoms with Gasteiger partial charge in [0.1, 0.15) is 0 Å². The SMILES string of the molecule is C1C2C3C1P23. The van der Waals surface area contributed by atoms with Crippen LogP contribution < -0.4 is 0 Å². The van der Waals surface area contributed by atoms with Gasteiger partial charge >= 0.3 is 0 Å². The van der Waals surface area contributed by atoms with E-state index in [0.717, 1.165) is 7.92 Å². The molecular weight excluding hydrogens is 79.0 g/mol. The van der Waals surface area contributed by atoms with Gasteiger partial charge in [0.05, 0.1) is 0 Å². The molecule has 0 amide bonds. The smallest absolute Gasteiger partial charge is 0.00675 e. The molecule has 1 saturated carbocycles. The van der Waals surface area contributed by atoms with Crippen LogP contribution in [0.3, 0.4) is 0 Å². The number of rotatable bonds is 0. The lowest BCUT2D eigenvalue weighted by molar-refractivity contribution is 0.624. The first-order chi connectivity index (χ1) is 2.48. The maximum absolute atomic E-state index is 1.65. The Morgan fingerprint density at radius 2 is 1.80 bits per heavy atom. The highest BCUT2D eigenvalue weighted by molar-refractivity contribution is 7.79. The maximum Gasteiger partial charge on any atom is -0.00675 e. The highest BCUT2D eigenvalue weighted by Crippen LogP contribution is 3.00. The van der Waals surface area contributed by atoms with Gasteiger partial charge in [-0.25, -0.2) is 0 Å². The largest absolute Gasteiger partial charge is 0.0945 e.